The number of nitrogens with zero attached hydrogens (tertiary/aromatic N) is 1. The molecule has 126 valence electrons. The summed E-state index contributed by atoms with van der Waals surface area (Å²) in [6.07, 6.45) is 1.73. The van der Waals surface area contributed by atoms with Crippen LogP contribution in [0.15, 0.2) is 66.2 Å². The summed E-state index contributed by atoms with van der Waals surface area (Å²) >= 11 is 1.62. The van der Waals surface area contributed by atoms with Crippen molar-refractivity contribution in [1.82, 2.24) is 15.6 Å². The third-order valence-corrected chi connectivity index (χ3v) is 4.43. The molecule has 0 unspecified atom stereocenters. The Morgan fingerprint density at radius 2 is 1.84 bits per heavy atom. The van der Waals surface area contributed by atoms with E-state index >= 15 is 0 Å². The third-order valence-electron chi connectivity index (χ3n) is 3.53. The van der Waals surface area contributed by atoms with Crippen LogP contribution in [0.2, 0.25) is 0 Å². The van der Waals surface area contributed by atoms with Gasteiger partial charge < -0.3 is 10.6 Å². The minimum atomic E-state index is -0.264. The van der Waals surface area contributed by atoms with E-state index in [9.17, 15) is 9.59 Å². The van der Waals surface area contributed by atoms with Gasteiger partial charge in [-0.1, -0.05) is 24.3 Å². The van der Waals surface area contributed by atoms with Crippen molar-refractivity contribution in [3.8, 4) is 10.6 Å². The number of nitrogens with one attached hydrogen (secondary N) is 2. The van der Waals surface area contributed by atoms with Gasteiger partial charge >= 0.3 is 0 Å². The van der Waals surface area contributed by atoms with E-state index in [1.165, 1.54) is 0 Å². The predicted octanol–water partition coefficient (Wildman–Crippen LogP) is 2.86. The zero-order valence-electron chi connectivity index (χ0n) is 13.4. The Hall–Kier alpha value is -2.99. The second kappa shape index (κ2) is 8.21. The van der Waals surface area contributed by atoms with E-state index in [1.807, 2.05) is 35.7 Å². The van der Waals surface area contributed by atoms with E-state index in [4.69, 9.17) is 0 Å². The molecule has 0 aliphatic carbocycles. The van der Waals surface area contributed by atoms with Crippen molar-refractivity contribution < 1.29 is 9.59 Å². The standard InChI is InChI=1S/C19H17N3O2S/c23-18(13-22-19(24)15-5-2-1-3-6-15)21-12-14-8-9-20-16(11-14)17-7-4-10-25-17/h1-11H,12-13H2,(H,21,23)(H,22,24). The lowest BCUT2D eigenvalue weighted by atomic mass is 10.2. The molecule has 0 spiro atoms. The molecular weight excluding hydrogens is 334 g/mol. The average Bonchev–Trinajstić information content (AvgIpc) is 3.20. The number of amides is 2. The third kappa shape index (κ3) is 4.74. The second-order valence-electron chi connectivity index (χ2n) is 5.35. The molecule has 0 bridgehead atoms. The van der Waals surface area contributed by atoms with Crippen molar-refractivity contribution >= 4 is 23.2 Å². The molecule has 6 heteroatoms. The second-order valence-corrected chi connectivity index (χ2v) is 6.30. The molecule has 3 rings (SSSR count). The Bertz CT molecular complexity index is 848. The molecule has 0 fully saturated rings. The lowest BCUT2D eigenvalue weighted by Crippen LogP contribution is -2.36. The summed E-state index contributed by atoms with van der Waals surface area (Å²) in [4.78, 5) is 29.3. The van der Waals surface area contributed by atoms with Crippen LogP contribution in [0.1, 0.15) is 15.9 Å². The van der Waals surface area contributed by atoms with Gasteiger partial charge in [0.15, 0.2) is 0 Å². The van der Waals surface area contributed by atoms with Crippen LogP contribution in [-0.2, 0) is 11.3 Å². The van der Waals surface area contributed by atoms with Gasteiger partial charge in [-0.25, -0.2) is 0 Å². The van der Waals surface area contributed by atoms with Crippen LogP contribution in [0.3, 0.4) is 0 Å². The molecule has 2 heterocycles. The summed E-state index contributed by atoms with van der Waals surface area (Å²) in [6, 6.07) is 16.6. The molecule has 2 aromatic heterocycles. The summed E-state index contributed by atoms with van der Waals surface area (Å²) < 4.78 is 0. The van der Waals surface area contributed by atoms with E-state index in [-0.39, 0.29) is 18.4 Å². The monoisotopic (exact) mass is 351 g/mol. The summed E-state index contributed by atoms with van der Waals surface area (Å²) in [5.41, 5.74) is 2.38. The minimum Gasteiger partial charge on any atom is -0.350 e. The number of carbonyl (C=O) groups excluding carboxylic acids is 2. The van der Waals surface area contributed by atoms with Crippen molar-refractivity contribution in [2.45, 2.75) is 6.54 Å². The summed E-state index contributed by atoms with van der Waals surface area (Å²) in [5, 5.41) is 7.41. The largest absolute Gasteiger partial charge is 0.350 e. The van der Waals surface area contributed by atoms with Gasteiger partial charge in [0.05, 0.1) is 17.1 Å². The van der Waals surface area contributed by atoms with Gasteiger partial charge in [0.1, 0.15) is 0 Å². The normalized spacial score (nSPS) is 10.2. The van der Waals surface area contributed by atoms with E-state index in [0.29, 0.717) is 12.1 Å². The molecular formula is C19H17N3O2S. The van der Waals surface area contributed by atoms with Crippen LogP contribution in [0.5, 0.6) is 0 Å². The number of hydrogen-bond donors (Lipinski definition) is 2. The molecule has 0 radical (unpaired) electrons. The van der Waals surface area contributed by atoms with E-state index in [0.717, 1.165) is 16.1 Å². The van der Waals surface area contributed by atoms with Crippen LogP contribution < -0.4 is 10.6 Å². The van der Waals surface area contributed by atoms with Crippen molar-refractivity contribution in [3.63, 3.8) is 0 Å². The molecule has 0 saturated carbocycles. The molecule has 0 aliphatic rings. The minimum absolute atomic E-state index is 0.0589. The van der Waals surface area contributed by atoms with Gasteiger partial charge in [-0.3, -0.25) is 14.6 Å². The maximum absolute atomic E-state index is 11.9. The van der Waals surface area contributed by atoms with Gasteiger partial charge in [0, 0.05) is 18.3 Å². The average molecular weight is 351 g/mol. The fraction of sp³-hybridized carbons (Fsp3) is 0.105. The highest BCUT2D eigenvalue weighted by atomic mass is 32.1. The number of aromatic nitrogens is 1. The molecule has 5 nitrogen and oxygen atoms in total. The fourth-order valence-electron chi connectivity index (χ4n) is 2.26. The Morgan fingerprint density at radius 1 is 1.00 bits per heavy atom. The summed E-state index contributed by atoms with van der Waals surface area (Å²) in [5.74, 6) is -0.501. The molecule has 2 N–H and O–H groups in total. The molecule has 0 aliphatic heterocycles. The Labute approximate surface area is 149 Å². The first-order valence-electron chi connectivity index (χ1n) is 7.81. The number of rotatable bonds is 6. The van der Waals surface area contributed by atoms with E-state index < -0.39 is 0 Å². The van der Waals surface area contributed by atoms with Crippen LogP contribution >= 0.6 is 11.3 Å². The molecule has 2 amide bonds. The van der Waals surface area contributed by atoms with Crippen molar-refractivity contribution in [2.24, 2.45) is 0 Å². The first-order valence-corrected chi connectivity index (χ1v) is 8.69. The molecule has 25 heavy (non-hydrogen) atoms. The zero-order chi connectivity index (χ0) is 17.5. The van der Waals surface area contributed by atoms with E-state index in [2.05, 4.69) is 15.6 Å². The molecule has 1 aromatic carbocycles. The van der Waals surface area contributed by atoms with Gasteiger partial charge in [0.2, 0.25) is 5.91 Å². The van der Waals surface area contributed by atoms with Crippen LogP contribution in [0, 0.1) is 0 Å². The van der Waals surface area contributed by atoms with Gasteiger partial charge in [-0.15, -0.1) is 11.3 Å². The van der Waals surface area contributed by atoms with Crippen LogP contribution in [-0.4, -0.2) is 23.3 Å². The van der Waals surface area contributed by atoms with Crippen molar-refractivity contribution in [1.29, 1.82) is 0 Å². The topological polar surface area (TPSA) is 71.1 Å². The Morgan fingerprint density at radius 3 is 2.60 bits per heavy atom. The quantitative estimate of drug-likeness (QED) is 0.717. The predicted molar refractivity (Wildman–Crippen MR) is 98.2 cm³/mol. The number of pyridine rings is 1. The van der Waals surface area contributed by atoms with Crippen molar-refractivity contribution in [2.75, 3.05) is 6.54 Å². The summed E-state index contributed by atoms with van der Waals surface area (Å²) in [7, 11) is 0. The Kier molecular flexibility index (Phi) is 5.53. The van der Waals surface area contributed by atoms with Gasteiger partial charge in [0.25, 0.3) is 5.91 Å². The maximum atomic E-state index is 11.9. The number of carbonyl (C=O) groups is 2. The van der Waals surface area contributed by atoms with Crippen LogP contribution in [0.25, 0.3) is 10.6 Å². The lowest BCUT2D eigenvalue weighted by Gasteiger charge is -2.08. The highest BCUT2D eigenvalue weighted by Gasteiger charge is 2.08. The highest BCUT2D eigenvalue weighted by molar-refractivity contribution is 7.13. The molecule has 3 aromatic rings. The zero-order valence-corrected chi connectivity index (χ0v) is 14.3. The number of thiophene rings is 1. The first kappa shape index (κ1) is 16.9. The number of hydrogen-bond acceptors (Lipinski definition) is 4. The van der Waals surface area contributed by atoms with Gasteiger partial charge in [-0.2, -0.15) is 0 Å². The van der Waals surface area contributed by atoms with Crippen molar-refractivity contribution in [3.05, 3.63) is 77.3 Å². The fourth-order valence-corrected chi connectivity index (χ4v) is 2.95. The smallest absolute Gasteiger partial charge is 0.251 e. The maximum Gasteiger partial charge on any atom is 0.251 e. The lowest BCUT2D eigenvalue weighted by molar-refractivity contribution is -0.120. The molecule has 0 atom stereocenters. The SMILES string of the molecule is O=C(CNC(=O)c1ccccc1)NCc1ccnc(-c2cccs2)c1. The number of benzene rings is 1. The highest BCUT2D eigenvalue weighted by Crippen LogP contribution is 2.22. The first-order chi connectivity index (χ1) is 12.2. The van der Waals surface area contributed by atoms with Crippen LogP contribution in [0.4, 0.5) is 0 Å². The van der Waals surface area contributed by atoms with E-state index in [1.54, 1.807) is 41.8 Å². The van der Waals surface area contributed by atoms with Gasteiger partial charge in [-0.05, 0) is 41.3 Å². The molecule has 0 saturated heterocycles. The Balaban J connectivity index is 1.49. The summed E-state index contributed by atoms with van der Waals surface area (Å²) in [6.45, 7) is 0.331.